The molecule has 2 aromatic rings. The fourth-order valence-electron chi connectivity index (χ4n) is 1.89. The highest BCUT2D eigenvalue weighted by Crippen LogP contribution is 2.23. The van der Waals surface area contributed by atoms with Gasteiger partial charge in [0.2, 0.25) is 11.8 Å². The summed E-state index contributed by atoms with van der Waals surface area (Å²) in [5.74, 6) is -0.322. The van der Waals surface area contributed by atoms with Gasteiger partial charge < -0.3 is 10.6 Å². The number of hydrogen-bond donors (Lipinski definition) is 2. The lowest BCUT2D eigenvalue weighted by atomic mass is 10.1. The lowest BCUT2D eigenvalue weighted by Gasteiger charge is -2.16. The van der Waals surface area contributed by atoms with Crippen molar-refractivity contribution in [3.05, 3.63) is 51.7 Å². The maximum absolute atomic E-state index is 12.1. The van der Waals surface area contributed by atoms with Crippen molar-refractivity contribution in [3.8, 4) is 0 Å². The average molecular weight is 323 g/mol. The Bertz CT molecular complexity index is 611. The van der Waals surface area contributed by atoms with Crippen LogP contribution in [0.4, 0.5) is 5.69 Å². The molecule has 2 N–H and O–H groups in total. The molecule has 2 amide bonds. The zero-order chi connectivity index (χ0) is 15.2. The predicted octanol–water partition coefficient (Wildman–Crippen LogP) is 3.61. The Kier molecular flexibility index (Phi) is 5.36. The standard InChI is InChI=1S/C15H15ClN2O2S/c1-10(19)17-13(14-3-2-8-21-14)9-15(20)18-12-6-4-11(16)5-7-12/h2-8,13H,9H2,1H3,(H,17,19)(H,18,20). The molecular weight excluding hydrogens is 308 g/mol. The first-order valence-electron chi connectivity index (χ1n) is 6.40. The molecule has 0 bridgehead atoms. The van der Waals surface area contributed by atoms with Crippen molar-refractivity contribution < 1.29 is 9.59 Å². The summed E-state index contributed by atoms with van der Waals surface area (Å²) in [6, 6.07) is 10.4. The van der Waals surface area contributed by atoms with Crippen LogP contribution < -0.4 is 10.6 Å². The number of anilines is 1. The average Bonchev–Trinajstić information content (AvgIpc) is 2.94. The summed E-state index contributed by atoms with van der Waals surface area (Å²) < 4.78 is 0. The van der Waals surface area contributed by atoms with E-state index in [1.54, 1.807) is 24.3 Å². The SMILES string of the molecule is CC(=O)NC(CC(=O)Nc1ccc(Cl)cc1)c1cccs1. The van der Waals surface area contributed by atoms with E-state index in [1.165, 1.54) is 18.3 Å². The molecule has 0 radical (unpaired) electrons. The van der Waals surface area contributed by atoms with Crippen molar-refractivity contribution in [2.24, 2.45) is 0 Å². The van der Waals surface area contributed by atoms with Crippen molar-refractivity contribution in [2.45, 2.75) is 19.4 Å². The molecule has 0 fully saturated rings. The van der Waals surface area contributed by atoms with Crippen LogP contribution in [-0.2, 0) is 9.59 Å². The Labute approximate surface area is 132 Å². The predicted molar refractivity (Wildman–Crippen MR) is 85.6 cm³/mol. The van der Waals surface area contributed by atoms with Gasteiger partial charge in [-0.2, -0.15) is 0 Å². The van der Waals surface area contributed by atoms with Gasteiger partial charge in [0.25, 0.3) is 0 Å². The van der Waals surface area contributed by atoms with Crippen LogP contribution in [0.5, 0.6) is 0 Å². The molecule has 0 aliphatic carbocycles. The normalized spacial score (nSPS) is 11.7. The Morgan fingerprint density at radius 2 is 1.95 bits per heavy atom. The van der Waals surface area contributed by atoms with Gasteiger partial charge in [-0.15, -0.1) is 11.3 Å². The third kappa shape index (κ3) is 4.88. The molecule has 1 atom stereocenters. The second-order valence-corrected chi connectivity index (χ2v) is 5.94. The second-order valence-electron chi connectivity index (χ2n) is 4.53. The smallest absolute Gasteiger partial charge is 0.226 e. The van der Waals surface area contributed by atoms with Crippen molar-refractivity contribution >= 4 is 40.4 Å². The fraction of sp³-hybridized carbons (Fsp3) is 0.200. The van der Waals surface area contributed by atoms with E-state index < -0.39 is 0 Å². The molecule has 1 heterocycles. The maximum atomic E-state index is 12.1. The number of amides is 2. The summed E-state index contributed by atoms with van der Waals surface area (Å²) in [7, 11) is 0. The molecule has 0 aliphatic heterocycles. The van der Waals surface area contributed by atoms with Gasteiger partial charge in [-0.25, -0.2) is 0 Å². The van der Waals surface area contributed by atoms with Crippen LogP contribution in [0.25, 0.3) is 0 Å². The van der Waals surface area contributed by atoms with Crippen LogP contribution in [0.15, 0.2) is 41.8 Å². The van der Waals surface area contributed by atoms with E-state index in [-0.39, 0.29) is 24.3 Å². The molecule has 1 aromatic carbocycles. The van der Waals surface area contributed by atoms with Gasteiger partial charge in [-0.05, 0) is 35.7 Å². The van der Waals surface area contributed by atoms with E-state index >= 15 is 0 Å². The highest BCUT2D eigenvalue weighted by Gasteiger charge is 2.18. The molecule has 110 valence electrons. The Hall–Kier alpha value is -1.85. The molecule has 1 aromatic heterocycles. The number of carbonyl (C=O) groups excluding carboxylic acids is 2. The van der Waals surface area contributed by atoms with E-state index in [4.69, 9.17) is 11.6 Å². The summed E-state index contributed by atoms with van der Waals surface area (Å²) in [5, 5.41) is 8.12. The number of hydrogen-bond acceptors (Lipinski definition) is 3. The Balaban J connectivity index is 2.01. The lowest BCUT2D eigenvalue weighted by molar-refractivity contribution is -0.120. The van der Waals surface area contributed by atoms with Crippen LogP contribution in [0.1, 0.15) is 24.3 Å². The minimum atomic E-state index is -0.310. The van der Waals surface area contributed by atoms with E-state index in [9.17, 15) is 9.59 Å². The van der Waals surface area contributed by atoms with Crippen LogP contribution in [0, 0.1) is 0 Å². The van der Waals surface area contributed by atoms with E-state index in [1.807, 2.05) is 17.5 Å². The largest absolute Gasteiger partial charge is 0.348 e. The first-order chi connectivity index (χ1) is 10.0. The highest BCUT2D eigenvalue weighted by atomic mass is 35.5. The molecule has 6 heteroatoms. The summed E-state index contributed by atoms with van der Waals surface area (Å²) >= 11 is 7.31. The van der Waals surface area contributed by atoms with Crippen LogP contribution in [0.3, 0.4) is 0 Å². The van der Waals surface area contributed by atoms with Crippen molar-refractivity contribution in [3.63, 3.8) is 0 Å². The maximum Gasteiger partial charge on any atom is 0.226 e. The van der Waals surface area contributed by atoms with Crippen LogP contribution in [-0.4, -0.2) is 11.8 Å². The molecular formula is C15H15ClN2O2S. The third-order valence-electron chi connectivity index (χ3n) is 2.78. The number of rotatable bonds is 5. The molecule has 4 nitrogen and oxygen atoms in total. The molecule has 0 saturated heterocycles. The first kappa shape index (κ1) is 15.5. The second kappa shape index (κ2) is 7.24. The molecule has 1 unspecified atom stereocenters. The zero-order valence-corrected chi connectivity index (χ0v) is 13.0. The van der Waals surface area contributed by atoms with E-state index in [0.717, 1.165) is 4.88 Å². The number of halogens is 1. The minimum Gasteiger partial charge on any atom is -0.348 e. The molecule has 0 saturated carbocycles. The van der Waals surface area contributed by atoms with Crippen molar-refractivity contribution in [1.29, 1.82) is 0 Å². The van der Waals surface area contributed by atoms with Gasteiger partial charge in [0.15, 0.2) is 0 Å². The van der Waals surface area contributed by atoms with Gasteiger partial charge in [0.05, 0.1) is 12.5 Å². The number of nitrogens with one attached hydrogen (secondary N) is 2. The quantitative estimate of drug-likeness (QED) is 0.883. The van der Waals surface area contributed by atoms with Gasteiger partial charge >= 0.3 is 0 Å². The van der Waals surface area contributed by atoms with E-state index in [0.29, 0.717) is 10.7 Å². The third-order valence-corrected chi connectivity index (χ3v) is 4.02. The monoisotopic (exact) mass is 322 g/mol. The topological polar surface area (TPSA) is 58.2 Å². The van der Waals surface area contributed by atoms with Gasteiger partial charge in [0.1, 0.15) is 0 Å². The fourth-order valence-corrected chi connectivity index (χ4v) is 2.79. The van der Waals surface area contributed by atoms with Crippen molar-refractivity contribution in [1.82, 2.24) is 5.32 Å². The first-order valence-corrected chi connectivity index (χ1v) is 7.66. The van der Waals surface area contributed by atoms with Crippen molar-refractivity contribution in [2.75, 3.05) is 5.32 Å². The summed E-state index contributed by atoms with van der Waals surface area (Å²) in [5.41, 5.74) is 0.678. The van der Waals surface area contributed by atoms with Crippen LogP contribution >= 0.6 is 22.9 Å². The van der Waals surface area contributed by atoms with E-state index in [2.05, 4.69) is 10.6 Å². The minimum absolute atomic E-state index is 0.160. The number of carbonyl (C=O) groups is 2. The van der Waals surface area contributed by atoms with Gasteiger partial charge in [0, 0.05) is 22.5 Å². The van der Waals surface area contributed by atoms with Crippen LogP contribution in [0.2, 0.25) is 5.02 Å². The Morgan fingerprint density at radius 3 is 2.52 bits per heavy atom. The molecule has 0 aliphatic rings. The number of benzene rings is 1. The van der Waals surface area contributed by atoms with Gasteiger partial charge in [-0.3, -0.25) is 9.59 Å². The molecule has 21 heavy (non-hydrogen) atoms. The molecule has 2 rings (SSSR count). The Morgan fingerprint density at radius 1 is 1.24 bits per heavy atom. The highest BCUT2D eigenvalue weighted by molar-refractivity contribution is 7.10. The lowest BCUT2D eigenvalue weighted by Crippen LogP contribution is -2.29. The summed E-state index contributed by atoms with van der Waals surface area (Å²) in [4.78, 5) is 24.3. The zero-order valence-electron chi connectivity index (χ0n) is 11.4. The number of thiophene rings is 1. The molecule has 0 spiro atoms. The van der Waals surface area contributed by atoms with Gasteiger partial charge in [-0.1, -0.05) is 17.7 Å². The summed E-state index contributed by atoms with van der Waals surface area (Å²) in [6.07, 6.45) is 0.183. The summed E-state index contributed by atoms with van der Waals surface area (Å²) in [6.45, 7) is 1.44.